The number of benzene rings is 1. The Labute approximate surface area is 124 Å². The summed E-state index contributed by atoms with van der Waals surface area (Å²) in [7, 11) is 1.94. The average Bonchev–Trinajstić information content (AvgIpc) is 2.66. The number of likely N-dealkylation sites (N-methyl/N-ethyl adjacent to an activating group) is 1. The second-order valence-corrected chi connectivity index (χ2v) is 5.16. The Morgan fingerprint density at radius 1 is 1.29 bits per heavy atom. The highest BCUT2D eigenvalue weighted by Crippen LogP contribution is 2.36. The molecule has 1 aromatic carbocycles. The van der Waals surface area contributed by atoms with Crippen molar-refractivity contribution in [3.63, 3.8) is 0 Å². The number of para-hydroxylation sites is 1. The largest absolute Gasteiger partial charge is 0.493 e. The number of aliphatic hydroxyl groups excluding tert-OH is 1. The van der Waals surface area contributed by atoms with Gasteiger partial charge in [-0.05, 0) is 19.1 Å². The Morgan fingerprint density at radius 3 is 2.90 bits per heavy atom. The highest BCUT2D eigenvalue weighted by molar-refractivity contribution is 5.74. The molecule has 0 bridgehead atoms. The van der Waals surface area contributed by atoms with Crippen molar-refractivity contribution in [2.45, 2.75) is 13.3 Å². The van der Waals surface area contributed by atoms with Crippen molar-refractivity contribution in [1.29, 1.82) is 0 Å². The lowest BCUT2D eigenvalue weighted by Crippen LogP contribution is -2.24. The minimum atomic E-state index is 0.0986. The van der Waals surface area contributed by atoms with Crippen molar-refractivity contribution in [3.05, 3.63) is 35.7 Å². The molecule has 1 N–H and O–H groups in total. The highest BCUT2D eigenvalue weighted by Gasteiger charge is 2.22. The van der Waals surface area contributed by atoms with Gasteiger partial charge in [-0.15, -0.1) is 0 Å². The number of hydrogen-bond acceptors (Lipinski definition) is 5. The number of anilines is 1. The molecule has 0 amide bonds. The quantitative estimate of drug-likeness (QED) is 0.932. The third-order valence-electron chi connectivity index (χ3n) is 3.65. The number of aromatic nitrogens is 2. The Kier molecular flexibility index (Phi) is 3.75. The van der Waals surface area contributed by atoms with E-state index in [1.165, 1.54) is 0 Å². The van der Waals surface area contributed by atoms with E-state index in [2.05, 4.69) is 9.97 Å². The van der Waals surface area contributed by atoms with Gasteiger partial charge in [-0.2, -0.15) is 0 Å². The van der Waals surface area contributed by atoms with Gasteiger partial charge in [-0.25, -0.2) is 9.97 Å². The molecule has 110 valence electrons. The van der Waals surface area contributed by atoms with E-state index >= 15 is 0 Å². The van der Waals surface area contributed by atoms with Gasteiger partial charge in [0.05, 0.1) is 18.9 Å². The first kappa shape index (κ1) is 13.8. The second-order valence-electron chi connectivity index (χ2n) is 5.16. The molecule has 0 unspecified atom stereocenters. The van der Waals surface area contributed by atoms with Crippen LogP contribution in [0.15, 0.2) is 24.3 Å². The van der Waals surface area contributed by atoms with Crippen molar-refractivity contribution in [1.82, 2.24) is 9.97 Å². The summed E-state index contributed by atoms with van der Waals surface area (Å²) < 4.78 is 5.83. The van der Waals surface area contributed by atoms with Gasteiger partial charge in [0.25, 0.3) is 0 Å². The summed E-state index contributed by atoms with van der Waals surface area (Å²) in [6.07, 6.45) is 0.759. The smallest absolute Gasteiger partial charge is 0.136 e. The van der Waals surface area contributed by atoms with Crippen molar-refractivity contribution in [2.24, 2.45) is 0 Å². The highest BCUT2D eigenvalue weighted by atomic mass is 16.5. The zero-order chi connectivity index (χ0) is 14.8. The number of aliphatic hydroxyl groups is 1. The first-order valence-electron chi connectivity index (χ1n) is 7.12. The van der Waals surface area contributed by atoms with Crippen LogP contribution in [0.4, 0.5) is 5.82 Å². The Morgan fingerprint density at radius 2 is 2.10 bits per heavy atom. The van der Waals surface area contributed by atoms with Crippen LogP contribution in [-0.4, -0.2) is 41.9 Å². The second kappa shape index (κ2) is 5.69. The van der Waals surface area contributed by atoms with Crippen LogP contribution in [0.5, 0.6) is 5.75 Å². The summed E-state index contributed by atoms with van der Waals surface area (Å²) in [5.74, 6) is 2.47. The van der Waals surface area contributed by atoms with Crippen LogP contribution in [0.3, 0.4) is 0 Å². The van der Waals surface area contributed by atoms with Crippen LogP contribution in [0, 0.1) is 6.92 Å². The predicted octanol–water partition coefficient (Wildman–Crippen LogP) is 1.82. The van der Waals surface area contributed by atoms with E-state index in [1.54, 1.807) is 0 Å². The normalized spacial score (nSPS) is 12.9. The molecule has 5 nitrogen and oxygen atoms in total. The van der Waals surface area contributed by atoms with Gasteiger partial charge in [-0.1, -0.05) is 12.1 Å². The summed E-state index contributed by atoms with van der Waals surface area (Å²) in [4.78, 5) is 11.2. The van der Waals surface area contributed by atoms with Gasteiger partial charge in [0, 0.05) is 31.1 Å². The fourth-order valence-corrected chi connectivity index (χ4v) is 2.66. The molecular weight excluding hydrogens is 266 g/mol. The summed E-state index contributed by atoms with van der Waals surface area (Å²) in [6, 6.07) is 7.96. The van der Waals surface area contributed by atoms with Gasteiger partial charge in [0.15, 0.2) is 0 Å². The first-order chi connectivity index (χ1) is 10.2. The molecule has 2 aromatic rings. The molecule has 5 heteroatoms. The minimum Gasteiger partial charge on any atom is -0.493 e. The van der Waals surface area contributed by atoms with Gasteiger partial charge >= 0.3 is 0 Å². The van der Waals surface area contributed by atoms with Crippen molar-refractivity contribution in [3.8, 4) is 17.0 Å². The van der Waals surface area contributed by atoms with Crippen LogP contribution in [-0.2, 0) is 6.42 Å². The van der Waals surface area contributed by atoms with E-state index in [4.69, 9.17) is 4.74 Å². The maximum Gasteiger partial charge on any atom is 0.136 e. The topological polar surface area (TPSA) is 58.5 Å². The molecule has 0 aliphatic carbocycles. The molecule has 0 fully saturated rings. The molecule has 0 saturated carbocycles. The zero-order valence-electron chi connectivity index (χ0n) is 12.3. The third kappa shape index (κ3) is 2.56. The lowest BCUT2D eigenvalue weighted by atomic mass is 10.0. The SMILES string of the molecule is Cc1nc2c(c(N(C)CCO)n1)CCOc1ccccc1-2. The number of aryl methyl sites for hydroxylation is 1. The van der Waals surface area contributed by atoms with Gasteiger partial charge in [0.2, 0.25) is 0 Å². The number of rotatable bonds is 3. The Balaban J connectivity index is 2.19. The first-order valence-corrected chi connectivity index (χ1v) is 7.12. The average molecular weight is 285 g/mol. The lowest BCUT2D eigenvalue weighted by Gasteiger charge is -2.21. The Bertz CT molecular complexity index is 658. The molecule has 0 spiro atoms. The van der Waals surface area contributed by atoms with Crippen LogP contribution in [0.1, 0.15) is 11.4 Å². The standard InChI is InChI=1S/C16H19N3O2/c1-11-17-15-12-5-3-4-6-14(12)21-10-7-13(15)16(18-11)19(2)8-9-20/h3-6,20H,7-10H2,1-2H3. The van der Waals surface area contributed by atoms with Crippen molar-refractivity contribution in [2.75, 3.05) is 31.7 Å². The maximum absolute atomic E-state index is 9.17. The monoisotopic (exact) mass is 285 g/mol. The Hall–Kier alpha value is -2.14. The predicted molar refractivity (Wildman–Crippen MR) is 81.8 cm³/mol. The summed E-state index contributed by atoms with van der Waals surface area (Å²) in [6.45, 7) is 3.15. The number of nitrogens with zero attached hydrogens (tertiary/aromatic N) is 3. The molecule has 0 saturated heterocycles. The van der Waals surface area contributed by atoms with Crippen LogP contribution in [0.2, 0.25) is 0 Å². The summed E-state index contributed by atoms with van der Waals surface area (Å²) in [5.41, 5.74) is 3.03. The molecule has 1 aliphatic rings. The maximum atomic E-state index is 9.17. The molecule has 0 radical (unpaired) electrons. The molecule has 2 heterocycles. The van der Waals surface area contributed by atoms with Gasteiger partial charge in [-0.3, -0.25) is 0 Å². The molecule has 1 aliphatic heterocycles. The molecule has 1 aromatic heterocycles. The van der Waals surface area contributed by atoms with Gasteiger partial charge < -0.3 is 14.7 Å². The summed E-state index contributed by atoms with van der Waals surface area (Å²) >= 11 is 0. The van der Waals surface area contributed by atoms with Crippen LogP contribution < -0.4 is 9.64 Å². The fraction of sp³-hybridized carbons (Fsp3) is 0.375. The lowest BCUT2D eigenvalue weighted by molar-refractivity contribution is 0.303. The number of hydrogen-bond donors (Lipinski definition) is 1. The van der Waals surface area contributed by atoms with E-state index in [-0.39, 0.29) is 6.61 Å². The molecular formula is C16H19N3O2. The summed E-state index contributed by atoms with van der Waals surface area (Å²) in [5, 5.41) is 9.17. The van der Waals surface area contributed by atoms with Crippen LogP contribution in [0.25, 0.3) is 11.3 Å². The van der Waals surface area contributed by atoms with E-state index in [0.29, 0.717) is 13.2 Å². The molecule has 3 rings (SSSR count). The van der Waals surface area contributed by atoms with Crippen molar-refractivity contribution >= 4 is 5.82 Å². The number of fused-ring (bicyclic) bond motifs is 3. The number of ether oxygens (including phenoxy) is 1. The molecule has 0 atom stereocenters. The molecule has 21 heavy (non-hydrogen) atoms. The van der Waals surface area contributed by atoms with E-state index in [1.807, 2.05) is 43.1 Å². The van der Waals surface area contributed by atoms with Crippen LogP contribution >= 0.6 is 0 Å². The van der Waals surface area contributed by atoms with Gasteiger partial charge in [0.1, 0.15) is 17.4 Å². The fourth-order valence-electron chi connectivity index (χ4n) is 2.66. The van der Waals surface area contributed by atoms with E-state index < -0.39 is 0 Å². The van der Waals surface area contributed by atoms with E-state index in [9.17, 15) is 5.11 Å². The van der Waals surface area contributed by atoms with Crippen molar-refractivity contribution < 1.29 is 9.84 Å². The minimum absolute atomic E-state index is 0.0986. The third-order valence-corrected chi connectivity index (χ3v) is 3.65. The zero-order valence-corrected chi connectivity index (χ0v) is 12.3. The van der Waals surface area contributed by atoms with E-state index in [0.717, 1.165) is 40.6 Å².